The lowest BCUT2D eigenvalue weighted by Crippen LogP contribution is -2.26. The zero-order valence-corrected chi connectivity index (χ0v) is 30.2. The van der Waals surface area contributed by atoms with Gasteiger partial charge >= 0.3 is 5.63 Å². The summed E-state index contributed by atoms with van der Waals surface area (Å²) in [5, 5.41) is 10.3. The topological polar surface area (TPSA) is 156 Å². The molecule has 5 aromatic rings. The number of hydrogen-bond donors (Lipinski definition) is 3. The van der Waals surface area contributed by atoms with Crippen molar-refractivity contribution in [2.45, 2.75) is 99.1 Å². The maximum absolute atomic E-state index is 12.8. The maximum atomic E-state index is 12.8. The van der Waals surface area contributed by atoms with Gasteiger partial charge in [0.1, 0.15) is 16.9 Å². The second-order valence-corrected chi connectivity index (χ2v) is 13.1. The van der Waals surface area contributed by atoms with Crippen LogP contribution in [-0.4, -0.2) is 34.2 Å². The number of amides is 3. The summed E-state index contributed by atoms with van der Waals surface area (Å²) in [4.78, 5) is 59.0. The molecule has 1 aromatic carbocycles. The normalized spacial score (nSPS) is 11.2. The van der Waals surface area contributed by atoms with Crippen LogP contribution in [-0.2, 0) is 33.9 Å². The van der Waals surface area contributed by atoms with E-state index in [4.69, 9.17) is 8.83 Å². The van der Waals surface area contributed by atoms with Crippen LogP contribution >= 0.6 is 0 Å². The minimum Gasteiger partial charge on any atom is -0.461 e. The molecule has 4 heterocycles. The van der Waals surface area contributed by atoms with Crippen molar-refractivity contribution in [2.75, 3.05) is 6.54 Å². The first-order valence-corrected chi connectivity index (χ1v) is 17.7. The van der Waals surface area contributed by atoms with Crippen molar-refractivity contribution in [3.63, 3.8) is 0 Å². The number of pyridine rings is 2. The van der Waals surface area contributed by atoms with E-state index in [0.29, 0.717) is 53.9 Å². The van der Waals surface area contributed by atoms with Gasteiger partial charge in [0.05, 0.1) is 23.5 Å². The molecular weight excluding hydrogens is 646 g/mol. The molecule has 0 saturated carbocycles. The Balaban J connectivity index is 1.08. The Morgan fingerprint density at radius 2 is 1.33 bits per heavy atom. The van der Waals surface area contributed by atoms with Crippen LogP contribution in [0.2, 0.25) is 0 Å². The van der Waals surface area contributed by atoms with Gasteiger partial charge in [-0.1, -0.05) is 6.92 Å². The first kappa shape index (κ1) is 36.9. The Hall–Kier alpha value is -5.32. The highest BCUT2D eigenvalue weighted by molar-refractivity contribution is 6.00. The van der Waals surface area contributed by atoms with E-state index in [1.54, 1.807) is 6.20 Å². The van der Waals surface area contributed by atoms with Crippen LogP contribution in [0.15, 0.2) is 56.4 Å². The SMILES string of the molecule is CCCC(=O)NCc1c(C)c2cc3c(CNC(=O)CCCC(=O)NCCCCc4ccnc(-c5cc(C)ccn5)c4)c(C)oc3c(C)c2oc1=O. The van der Waals surface area contributed by atoms with E-state index in [9.17, 15) is 19.2 Å². The minimum atomic E-state index is -0.490. The molecular formula is C40H47N5O6. The van der Waals surface area contributed by atoms with Crippen molar-refractivity contribution in [2.24, 2.45) is 0 Å². The molecule has 0 atom stereocenters. The number of nitrogens with zero attached hydrogens (tertiary/aromatic N) is 2. The molecule has 3 N–H and O–H groups in total. The highest BCUT2D eigenvalue weighted by Gasteiger charge is 2.21. The Morgan fingerprint density at radius 1 is 0.686 bits per heavy atom. The smallest absolute Gasteiger partial charge is 0.341 e. The number of rotatable bonds is 16. The zero-order valence-electron chi connectivity index (χ0n) is 30.2. The van der Waals surface area contributed by atoms with Crippen molar-refractivity contribution in [3.8, 4) is 11.4 Å². The van der Waals surface area contributed by atoms with Crippen molar-refractivity contribution in [1.29, 1.82) is 0 Å². The van der Waals surface area contributed by atoms with Gasteiger partial charge in [-0.2, -0.15) is 0 Å². The number of furan rings is 1. The Bertz CT molecular complexity index is 2110. The first-order valence-electron chi connectivity index (χ1n) is 17.7. The molecule has 0 bridgehead atoms. The molecule has 0 fully saturated rings. The molecule has 11 nitrogen and oxygen atoms in total. The fourth-order valence-electron chi connectivity index (χ4n) is 6.25. The van der Waals surface area contributed by atoms with Crippen molar-refractivity contribution < 1.29 is 23.2 Å². The van der Waals surface area contributed by atoms with Gasteiger partial charge in [-0.3, -0.25) is 24.4 Å². The summed E-state index contributed by atoms with van der Waals surface area (Å²) >= 11 is 0. The number of carbonyl (C=O) groups excluding carboxylic acids is 3. The number of benzene rings is 1. The van der Waals surface area contributed by atoms with Gasteiger partial charge in [0.15, 0.2) is 0 Å². The third-order valence-corrected chi connectivity index (χ3v) is 9.19. The Labute approximate surface area is 297 Å². The quantitative estimate of drug-likeness (QED) is 0.0774. The number of aromatic nitrogens is 2. The van der Waals surface area contributed by atoms with E-state index >= 15 is 0 Å². The average Bonchev–Trinajstić information content (AvgIpc) is 3.42. The predicted molar refractivity (Wildman–Crippen MR) is 197 cm³/mol. The lowest BCUT2D eigenvalue weighted by Gasteiger charge is -2.11. The molecule has 0 radical (unpaired) electrons. The fourth-order valence-corrected chi connectivity index (χ4v) is 6.25. The van der Waals surface area contributed by atoms with E-state index in [1.807, 2.05) is 65.1 Å². The summed E-state index contributed by atoms with van der Waals surface area (Å²) in [7, 11) is 0. The highest BCUT2D eigenvalue weighted by Crippen LogP contribution is 2.35. The molecule has 5 rings (SSSR count). The second-order valence-electron chi connectivity index (χ2n) is 13.1. The fraction of sp³-hybridized carbons (Fsp3) is 0.400. The largest absolute Gasteiger partial charge is 0.461 e. The number of aryl methyl sites for hydroxylation is 5. The molecule has 3 amide bonds. The molecule has 268 valence electrons. The minimum absolute atomic E-state index is 0.0649. The Kier molecular flexibility index (Phi) is 12.4. The summed E-state index contributed by atoms with van der Waals surface area (Å²) in [6.07, 6.45) is 8.30. The predicted octanol–water partition coefficient (Wildman–Crippen LogP) is 6.57. The standard InChI is InChI=1S/C40H47N5O6/c1-6-10-35(46)44-22-31-25(3)29-21-30-32(27(5)50-39(30)26(4)38(29)51-40(31)49)23-45-37(48)13-9-12-36(47)43-16-8-7-11-28-15-18-42-34(20-28)33-19-24(2)14-17-41-33/h14-15,17-21H,6-13,16,22-23H2,1-5H3,(H,43,47)(H,44,46)(H,45,48). The molecule has 0 spiro atoms. The summed E-state index contributed by atoms with van der Waals surface area (Å²) in [5.74, 6) is 0.318. The number of unbranched alkanes of at least 4 members (excludes halogenated alkanes) is 1. The van der Waals surface area contributed by atoms with E-state index in [1.165, 1.54) is 5.56 Å². The number of nitrogens with one attached hydrogen (secondary N) is 3. The Morgan fingerprint density at radius 3 is 2.06 bits per heavy atom. The van der Waals surface area contributed by atoms with Crippen LogP contribution in [0.5, 0.6) is 0 Å². The first-order chi connectivity index (χ1) is 24.5. The van der Waals surface area contributed by atoms with E-state index in [-0.39, 0.29) is 43.7 Å². The van der Waals surface area contributed by atoms with Gasteiger partial charge in [-0.15, -0.1) is 0 Å². The van der Waals surface area contributed by atoms with Crippen molar-refractivity contribution >= 4 is 39.7 Å². The molecule has 11 heteroatoms. The second kappa shape index (κ2) is 17.1. The molecule has 0 saturated heterocycles. The molecule has 0 aliphatic rings. The van der Waals surface area contributed by atoms with Crippen LogP contribution in [0.3, 0.4) is 0 Å². The zero-order chi connectivity index (χ0) is 36.5. The summed E-state index contributed by atoms with van der Waals surface area (Å²) < 4.78 is 11.8. The molecule has 0 unspecified atom stereocenters. The van der Waals surface area contributed by atoms with E-state index < -0.39 is 5.63 Å². The van der Waals surface area contributed by atoms with Crippen LogP contribution in [0.4, 0.5) is 0 Å². The maximum Gasteiger partial charge on any atom is 0.341 e. The van der Waals surface area contributed by atoms with E-state index in [0.717, 1.165) is 58.1 Å². The van der Waals surface area contributed by atoms with Gasteiger partial charge in [-0.25, -0.2) is 4.79 Å². The monoisotopic (exact) mass is 693 g/mol. The van der Waals surface area contributed by atoms with Gasteiger partial charge < -0.3 is 24.8 Å². The van der Waals surface area contributed by atoms with E-state index in [2.05, 4.69) is 32.0 Å². The van der Waals surface area contributed by atoms with Crippen molar-refractivity contribution in [3.05, 3.63) is 92.3 Å². The molecule has 0 aliphatic carbocycles. The van der Waals surface area contributed by atoms with Gasteiger partial charge in [0, 0.05) is 66.6 Å². The third kappa shape index (κ3) is 9.27. The number of fused-ring (bicyclic) bond motifs is 2. The lowest BCUT2D eigenvalue weighted by molar-refractivity contribution is -0.123. The number of carbonyl (C=O) groups is 3. The van der Waals surface area contributed by atoms with Crippen molar-refractivity contribution in [1.82, 2.24) is 25.9 Å². The summed E-state index contributed by atoms with van der Waals surface area (Å²) in [6, 6.07) is 9.99. The molecule has 51 heavy (non-hydrogen) atoms. The third-order valence-electron chi connectivity index (χ3n) is 9.19. The highest BCUT2D eigenvalue weighted by atomic mass is 16.4. The number of hydrogen-bond acceptors (Lipinski definition) is 8. The van der Waals surface area contributed by atoms with Gasteiger partial charge in [0.2, 0.25) is 17.7 Å². The average molecular weight is 694 g/mol. The van der Waals surface area contributed by atoms with Crippen LogP contribution in [0.25, 0.3) is 33.3 Å². The van der Waals surface area contributed by atoms with Crippen LogP contribution in [0.1, 0.15) is 91.0 Å². The van der Waals surface area contributed by atoms with Crippen LogP contribution in [0, 0.1) is 27.7 Å². The van der Waals surface area contributed by atoms with Gasteiger partial charge in [-0.05, 0) is 107 Å². The summed E-state index contributed by atoms with van der Waals surface area (Å²) in [5.41, 5.74) is 7.25. The van der Waals surface area contributed by atoms with Gasteiger partial charge in [0.25, 0.3) is 0 Å². The molecule has 4 aromatic heterocycles. The summed E-state index contributed by atoms with van der Waals surface area (Å²) in [6.45, 7) is 10.4. The lowest BCUT2D eigenvalue weighted by atomic mass is 9.99. The molecule has 0 aliphatic heterocycles. The van der Waals surface area contributed by atoms with Crippen LogP contribution < -0.4 is 21.6 Å².